The Balaban J connectivity index is 1.91. The lowest BCUT2D eigenvalue weighted by atomic mass is 10.1. The van der Waals surface area contributed by atoms with Crippen LogP contribution in [0.1, 0.15) is 56.9 Å². The maximum atomic E-state index is 10.3. The van der Waals surface area contributed by atoms with E-state index in [4.69, 9.17) is 0 Å². The number of hydrogen-bond donors (Lipinski definition) is 1. The zero-order valence-corrected chi connectivity index (χ0v) is 14.9. The molecular formula is C19H30N4O. The van der Waals surface area contributed by atoms with Gasteiger partial charge in [-0.1, -0.05) is 62.2 Å². The highest BCUT2D eigenvalue weighted by Crippen LogP contribution is 2.14. The predicted molar refractivity (Wildman–Crippen MR) is 96.5 cm³/mol. The molecule has 24 heavy (non-hydrogen) atoms. The smallest absolute Gasteiger partial charge is 0.0986 e. The maximum absolute atomic E-state index is 10.3. The van der Waals surface area contributed by atoms with E-state index in [1.165, 1.54) is 25.7 Å². The van der Waals surface area contributed by atoms with Crippen molar-refractivity contribution in [2.45, 2.75) is 58.7 Å². The lowest BCUT2D eigenvalue weighted by Crippen LogP contribution is -2.25. The zero-order valence-electron chi connectivity index (χ0n) is 14.9. The van der Waals surface area contributed by atoms with Crippen molar-refractivity contribution in [1.29, 1.82) is 0 Å². The molecule has 0 aliphatic rings. The molecule has 0 bridgehead atoms. The summed E-state index contributed by atoms with van der Waals surface area (Å²) in [6.07, 6.45) is 6.24. The molecule has 2 rings (SSSR count). The Morgan fingerprint density at radius 2 is 1.75 bits per heavy atom. The van der Waals surface area contributed by atoms with E-state index in [1.807, 2.05) is 36.5 Å². The van der Waals surface area contributed by atoms with Crippen LogP contribution >= 0.6 is 0 Å². The van der Waals surface area contributed by atoms with Crippen LogP contribution in [0.2, 0.25) is 0 Å². The van der Waals surface area contributed by atoms with Gasteiger partial charge in [0.25, 0.3) is 0 Å². The Bertz CT molecular complexity index is 562. The average molecular weight is 330 g/mol. The third-order valence-corrected chi connectivity index (χ3v) is 4.17. The molecule has 1 aromatic carbocycles. The first kappa shape index (κ1) is 18.6. The second-order valence-corrected chi connectivity index (χ2v) is 6.34. The molecule has 1 aromatic heterocycles. The minimum Gasteiger partial charge on any atom is -0.386 e. The summed E-state index contributed by atoms with van der Waals surface area (Å²) in [5, 5.41) is 18.8. The molecule has 0 saturated carbocycles. The minimum atomic E-state index is -0.558. The van der Waals surface area contributed by atoms with Gasteiger partial charge in [0.1, 0.15) is 0 Å². The van der Waals surface area contributed by atoms with Crippen molar-refractivity contribution in [3.63, 3.8) is 0 Å². The Kier molecular flexibility index (Phi) is 7.92. The Hall–Kier alpha value is -1.72. The van der Waals surface area contributed by atoms with Gasteiger partial charge in [-0.3, -0.25) is 4.90 Å². The fourth-order valence-corrected chi connectivity index (χ4v) is 2.72. The molecule has 0 radical (unpaired) electrons. The third kappa shape index (κ3) is 6.06. The second-order valence-electron chi connectivity index (χ2n) is 6.34. The van der Waals surface area contributed by atoms with Gasteiger partial charge in [-0.25, -0.2) is 4.68 Å². The molecule has 5 heteroatoms. The first-order valence-corrected chi connectivity index (χ1v) is 9.07. The lowest BCUT2D eigenvalue weighted by molar-refractivity contribution is 0.150. The van der Waals surface area contributed by atoms with E-state index in [9.17, 15) is 5.11 Å². The molecule has 1 atom stereocenters. The maximum Gasteiger partial charge on any atom is 0.0986 e. The summed E-state index contributed by atoms with van der Waals surface area (Å²) in [5.74, 6) is 0. The molecule has 0 fully saturated rings. The summed E-state index contributed by atoms with van der Waals surface area (Å²) in [6, 6.07) is 9.68. The number of nitrogens with zero attached hydrogens (tertiary/aromatic N) is 4. The van der Waals surface area contributed by atoms with E-state index < -0.39 is 6.10 Å². The van der Waals surface area contributed by atoms with Gasteiger partial charge in [0.15, 0.2) is 0 Å². The van der Waals surface area contributed by atoms with Crippen molar-refractivity contribution in [3.8, 4) is 0 Å². The molecule has 1 unspecified atom stereocenters. The van der Waals surface area contributed by atoms with Crippen LogP contribution in [0.15, 0.2) is 36.5 Å². The van der Waals surface area contributed by atoms with E-state index in [0.717, 1.165) is 30.9 Å². The van der Waals surface area contributed by atoms with Crippen LogP contribution in [-0.4, -0.2) is 38.1 Å². The van der Waals surface area contributed by atoms with Crippen molar-refractivity contribution in [2.24, 2.45) is 0 Å². The molecule has 1 N–H and O–H groups in total. The number of aromatic nitrogens is 3. The molecule has 0 saturated heterocycles. The fourth-order valence-electron chi connectivity index (χ4n) is 2.72. The average Bonchev–Trinajstić information content (AvgIpc) is 3.05. The van der Waals surface area contributed by atoms with Gasteiger partial charge in [0.05, 0.1) is 18.3 Å². The van der Waals surface area contributed by atoms with Gasteiger partial charge in [-0.2, -0.15) is 0 Å². The van der Waals surface area contributed by atoms with Crippen molar-refractivity contribution in [2.75, 3.05) is 13.1 Å². The fraction of sp³-hybridized carbons (Fsp3) is 0.579. The van der Waals surface area contributed by atoms with Gasteiger partial charge in [0.2, 0.25) is 0 Å². The van der Waals surface area contributed by atoms with Crippen LogP contribution in [-0.2, 0) is 13.1 Å². The topological polar surface area (TPSA) is 54.2 Å². The monoisotopic (exact) mass is 330 g/mol. The van der Waals surface area contributed by atoms with Gasteiger partial charge >= 0.3 is 0 Å². The van der Waals surface area contributed by atoms with Gasteiger partial charge in [-0.15, -0.1) is 5.10 Å². The lowest BCUT2D eigenvalue weighted by Gasteiger charge is -2.20. The highest BCUT2D eigenvalue weighted by molar-refractivity contribution is 5.17. The number of unbranched alkanes of at least 4 members (excludes halogenated alkanes) is 2. The molecule has 0 aliphatic carbocycles. The Labute approximate surface area is 145 Å². The molecule has 0 amide bonds. The Morgan fingerprint density at radius 3 is 2.38 bits per heavy atom. The summed E-state index contributed by atoms with van der Waals surface area (Å²) in [6.45, 7) is 7.92. The summed E-state index contributed by atoms with van der Waals surface area (Å²) in [7, 11) is 0. The standard InChI is InChI=1S/C19H30N4O/c1-3-5-12-22(13-6-4-2)14-18-15-23(21-20-18)16-19(24)17-10-8-7-9-11-17/h7-11,15,19,24H,3-6,12-14,16H2,1-2H3. The van der Waals surface area contributed by atoms with Crippen molar-refractivity contribution >= 4 is 0 Å². The largest absolute Gasteiger partial charge is 0.386 e. The van der Waals surface area contributed by atoms with Crippen LogP contribution in [0.25, 0.3) is 0 Å². The summed E-state index contributed by atoms with van der Waals surface area (Å²) >= 11 is 0. The molecule has 0 spiro atoms. The van der Waals surface area contributed by atoms with E-state index >= 15 is 0 Å². The SMILES string of the molecule is CCCCN(CCCC)Cc1cn(CC(O)c2ccccc2)nn1. The molecular weight excluding hydrogens is 300 g/mol. The number of aliphatic hydroxyl groups excluding tert-OH is 1. The summed E-state index contributed by atoms with van der Waals surface area (Å²) in [4.78, 5) is 2.45. The van der Waals surface area contributed by atoms with Crippen molar-refractivity contribution in [3.05, 3.63) is 47.8 Å². The van der Waals surface area contributed by atoms with Crippen LogP contribution in [0.4, 0.5) is 0 Å². The summed E-state index contributed by atoms with van der Waals surface area (Å²) < 4.78 is 1.74. The van der Waals surface area contributed by atoms with E-state index in [2.05, 4.69) is 29.1 Å². The molecule has 0 aliphatic heterocycles. The number of hydrogen-bond acceptors (Lipinski definition) is 4. The van der Waals surface area contributed by atoms with Crippen LogP contribution in [0, 0.1) is 0 Å². The molecule has 2 aromatic rings. The Morgan fingerprint density at radius 1 is 1.08 bits per heavy atom. The summed E-state index contributed by atoms with van der Waals surface area (Å²) in [5.41, 5.74) is 1.88. The number of rotatable bonds is 11. The molecule has 132 valence electrons. The normalized spacial score (nSPS) is 12.7. The first-order chi connectivity index (χ1) is 11.7. The van der Waals surface area contributed by atoms with Gasteiger partial charge in [0, 0.05) is 12.7 Å². The van der Waals surface area contributed by atoms with Gasteiger partial charge in [-0.05, 0) is 31.5 Å². The van der Waals surface area contributed by atoms with E-state index in [0.29, 0.717) is 6.54 Å². The predicted octanol–water partition coefficient (Wildman–Crippen LogP) is 3.41. The van der Waals surface area contributed by atoms with E-state index in [-0.39, 0.29) is 0 Å². The van der Waals surface area contributed by atoms with Crippen molar-refractivity contribution < 1.29 is 5.11 Å². The number of aliphatic hydroxyl groups is 1. The first-order valence-electron chi connectivity index (χ1n) is 9.07. The number of benzene rings is 1. The van der Waals surface area contributed by atoms with Crippen LogP contribution in [0.3, 0.4) is 0 Å². The van der Waals surface area contributed by atoms with Crippen LogP contribution < -0.4 is 0 Å². The minimum absolute atomic E-state index is 0.431. The highest BCUT2D eigenvalue weighted by atomic mass is 16.3. The second kappa shape index (κ2) is 10.2. The third-order valence-electron chi connectivity index (χ3n) is 4.17. The van der Waals surface area contributed by atoms with Gasteiger partial charge < -0.3 is 5.11 Å². The zero-order chi connectivity index (χ0) is 17.2. The van der Waals surface area contributed by atoms with Crippen molar-refractivity contribution in [1.82, 2.24) is 19.9 Å². The van der Waals surface area contributed by atoms with Crippen LogP contribution in [0.5, 0.6) is 0 Å². The molecule has 5 nitrogen and oxygen atoms in total. The quantitative estimate of drug-likeness (QED) is 0.686. The highest BCUT2D eigenvalue weighted by Gasteiger charge is 2.12. The van der Waals surface area contributed by atoms with E-state index in [1.54, 1.807) is 4.68 Å². The molecule has 1 heterocycles.